The molecule has 0 aliphatic heterocycles. The average Bonchev–Trinajstić information content (AvgIpc) is 2.99. The van der Waals surface area contributed by atoms with Gasteiger partial charge >= 0.3 is 19.8 Å². The first-order valence-electron chi connectivity index (χ1n) is 15.0. The molecule has 43 heavy (non-hydrogen) atoms. The Labute approximate surface area is 258 Å². The van der Waals surface area contributed by atoms with E-state index in [1.54, 1.807) is 12.2 Å². The minimum absolute atomic E-state index is 0.0164. The monoisotopic (exact) mass is 621 g/mol. The second kappa shape index (κ2) is 29.3. The Morgan fingerprint density at radius 3 is 1.79 bits per heavy atom. The molecule has 0 amide bonds. The summed E-state index contributed by atoms with van der Waals surface area (Å²) in [5.74, 6) is -1.13. The minimum atomic E-state index is -4.41. The van der Waals surface area contributed by atoms with Crippen molar-refractivity contribution < 1.29 is 37.6 Å². The van der Waals surface area contributed by atoms with Crippen LogP contribution >= 0.6 is 7.82 Å². The Kier molecular flexibility index (Phi) is 27.4. The van der Waals surface area contributed by atoms with Gasteiger partial charge in [-0.15, -0.1) is 0 Å². The van der Waals surface area contributed by atoms with Gasteiger partial charge in [0.2, 0.25) is 0 Å². The summed E-state index contributed by atoms with van der Waals surface area (Å²) in [6.07, 6.45) is 34.2. The Morgan fingerprint density at radius 2 is 1.26 bits per heavy atom. The SMILES string of the molecule is CC=CCC=CCC=CCC=CCC(=O)OC[C@H](COP(=O)(O)OCCN)OC(=O)CC=CCC=CCC=CCCCC. The Morgan fingerprint density at radius 1 is 0.744 bits per heavy atom. The highest BCUT2D eigenvalue weighted by molar-refractivity contribution is 7.47. The molecule has 0 saturated carbocycles. The van der Waals surface area contributed by atoms with Crippen molar-refractivity contribution in [3.63, 3.8) is 0 Å². The molecule has 3 N–H and O–H groups in total. The summed E-state index contributed by atoms with van der Waals surface area (Å²) < 4.78 is 32.1. The van der Waals surface area contributed by atoms with Crippen molar-refractivity contribution in [1.29, 1.82) is 0 Å². The molecule has 0 saturated heterocycles. The number of nitrogens with two attached hydrogens (primary N) is 1. The van der Waals surface area contributed by atoms with Crippen molar-refractivity contribution in [2.75, 3.05) is 26.4 Å². The van der Waals surface area contributed by atoms with Crippen LogP contribution < -0.4 is 5.73 Å². The standard InChI is InChI=1S/C33H52NO8P/c1-3-5-7-9-11-13-15-17-19-21-23-25-32(35)39-29-31(30-41-43(37,38)40-28-27-34)42-33(36)26-24-22-20-18-16-14-12-10-8-6-4-2/h3,5,9-12,15-18,21-24,31H,4,6-8,13-14,19-20,25-30,34H2,1-2H3,(H,37,38)/t31-/m1/s1. The number of unbranched alkanes of at least 4 members (excludes halogenated alkanes) is 2. The van der Waals surface area contributed by atoms with Crippen molar-refractivity contribution >= 4 is 19.8 Å². The van der Waals surface area contributed by atoms with E-state index >= 15 is 0 Å². The zero-order valence-corrected chi connectivity index (χ0v) is 26.8. The number of phosphoric ester groups is 1. The van der Waals surface area contributed by atoms with Gasteiger partial charge in [-0.25, -0.2) is 4.57 Å². The van der Waals surface area contributed by atoms with Crippen molar-refractivity contribution in [2.45, 2.75) is 84.2 Å². The average molecular weight is 622 g/mol. The zero-order valence-electron chi connectivity index (χ0n) is 25.9. The van der Waals surface area contributed by atoms with Crippen LogP contribution in [0.4, 0.5) is 0 Å². The molecule has 0 aromatic heterocycles. The molecule has 242 valence electrons. The number of hydrogen-bond donors (Lipinski definition) is 2. The van der Waals surface area contributed by atoms with Crippen LogP contribution in [0, 0.1) is 0 Å². The molecular weight excluding hydrogens is 569 g/mol. The van der Waals surface area contributed by atoms with E-state index in [0.717, 1.165) is 25.7 Å². The van der Waals surface area contributed by atoms with Crippen molar-refractivity contribution in [3.05, 3.63) is 85.1 Å². The Bertz CT molecular complexity index is 981. The predicted molar refractivity (Wildman–Crippen MR) is 173 cm³/mol. The molecule has 0 heterocycles. The number of esters is 2. The van der Waals surface area contributed by atoms with E-state index in [-0.39, 0.29) is 32.6 Å². The van der Waals surface area contributed by atoms with E-state index in [0.29, 0.717) is 12.8 Å². The summed E-state index contributed by atoms with van der Waals surface area (Å²) in [7, 11) is -4.41. The number of allylic oxidation sites excluding steroid dienone is 12. The van der Waals surface area contributed by atoms with Crippen molar-refractivity contribution in [3.8, 4) is 0 Å². The highest BCUT2D eigenvalue weighted by Gasteiger charge is 2.25. The van der Waals surface area contributed by atoms with Gasteiger partial charge in [0.15, 0.2) is 6.10 Å². The van der Waals surface area contributed by atoms with Gasteiger partial charge in [-0.05, 0) is 45.4 Å². The maximum absolute atomic E-state index is 12.3. The second-order valence-electron chi connectivity index (χ2n) is 9.31. The highest BCUT2D eigenvalue weighted by atomic mass is 31.2. The van der Waals surface area contributed by atoms with Crippen LogP contribution in [-0.4, -0.2) is 49.3 Å². The summed E-state index contributed by atoms with van der Waals surface area (Å²) in [6.45, 7) is 3.16. The number of phosphoric acid groups is 1. The third-order valence-corrected chi connectivity index (χ3v) is 6.40. The lowest BCUT2D eigenvalue weighted by Gasteiger charge is -2.19. The van der Waals surface area contributed by atoms with Gasteiger partial charge in [-0.1, -0.05) is 105 Å². The molecule has 0 rings (SSSR count). The lowest BCUT2D eigenvalue weighted by molar-refractivity contribution is -0.160. The molecule has 0 spiro atoms. The summed E-state index contributed by atoms with van der Waals surface area (Å²) in [6, 6.07) is 0. The number of carbonyl (C=O) groups excluding carboxylic acids is 2. The minimum Gasteiger partial charge on any atom is -0.461 e. The van der Waals surface area contributed by atoms with E-state index < -0.39 is 32.5 Å². The van der Waals surface area contributed by atoms with Crippen LogP contribution in [0.5, 0.6) is 0 Å². The smallest absolute Gasteiger partial charge is 0.461 e. The first-order valence-corrected chi connectivity index (χ1v) is 16.5. The molecule has 0 aliphatic rings. The zero-order chi connectivity index (χ0) is 31.9. The third-order valence-electron chi connectivity index (χ3n) is 5.41. The maximum Gasteiger partial charge on any atom is 0.472 e. The summed E-state index contributed by atoms with van der Waals surface area (Å²) in [5, 5.41) is 0. The van der Waals surface area contributed by atoms with Crippen molar-refractivity contribution in [1.82, 2.24) is 0 Å². The molecule has 0 radical (unpaired) electrons. The highest BCUT2D eigenvalue weighted by Crippen LogP contribution is 2.43. The largest absolute Gasteiger partial charge is 0.472 e. The van der Waals surface area contributed by atoms with Gasteiger partial charge in [-0.2, -0.15) is 0 Å². The number of hydrogen-bond acceptors (Lipinski definition) is 8. The Balaban J connectivity index is 4.64. The molecule has 0 fully saturated rings. The fraction of sp³-hybridized carbons (Fsp3) is 0.515. The van der Waals surface area contributed by atoms with Crippen LogP contribution in [0.1, 0.15) is 78.1 Å². The van der Waals surface area contributed by atoms with Crippen LogP contribution in [0.25, 0.3) is 0 Å². The van der Waals surface area contributed by atoms with Gasteiger partial charge in [0.05, 0.1) is 26.1 Å². The van der Waals surface area contributed by atoms with Gasteiger partial charge in [0, 0.05) is 6.54 Å². The fourth-order valence-electron chi connectivity index (χ4n) is 3.17. The van der Waals surface area contributed by atoms with Gasteiger partial charge in [0.1, 0.15) is 6.61 Å². The number of ether oxygens (including phenoxy) is 2. The molecule has 10 heteroatoms. The topological polar surface area (TPSA) is 134 Å². The Hall–Kier alpha value is -2.81. The van der Waals surface area contributed by atoms with E-state index in [4.69, 9.17) is 24.3 Å². The molecule has 9 nitrogen and oxygen atoms in total. The van der Waals surface area contributed by atoms with Crippen LogP contribution in [0.15, 0.2) is 85.1 Å². The van der Waals surface area contributed by atoms with E-state index in [2.05, 4.69) is 43.4 Å². The van der Waals surface area contributed by atoms with Crippen LogP contribution in [0.3, 0.4) is 0 Å². The van der Waals surface area contributed by atoms with Crippen molar-refractivity contribution in [2.24, 2.45) is 5.73 Å². The molecule has 0 bridgehead atoms. The molecular formula is C33H52NO8P. The quantitative estimate of drug-likeness (QED) is 0.0439. The summed E-state index contributed by atoms with van der Waals surface area (Å²) in [5.41, 5.74) is 5.29. The molecule has 0 aromatic carbocycles. The number of rotatable bonds is 26. The van der Waals surface area contributed by atoms with Crippen LogP contribution in [0.2, 0.25) is 0 Å². The van der Waals surface area contributed by atoms with E-state index in [1.165, 1.54) is 12.8 Å². The summed E-state index contributed by atoms with van der Waals surface area (Å²) in [4.78, 5) is 34.3. The molecule has 1 unspecified atom stereocenters. The predicted octanol–water partition coefficient (Wildman–Crippen LogP) is 7.37. The van der Waals surface area contributed by atoms with E-state index in [1.807, 2.05) is 43.4 Å². The lowest BCUT2D eigenvalue weighted by atomic mass is 10.2. The molecule has 0 aromatic rings. The van der Waals surface area contributed by atoms with Gasteiger partial charge < -0.3 is 20.1 Å². The fourth-order valence-corrected chi connectivity index (χ4v) is 3.94. The molecule has 2 atom stereocenters. The third kappa shape index (κ3) is 29.1. The van der Waals surface area contributed by atoms with Gasteiger partial charge in [0.25, 0.3) is 0 Å². The second-order valence-corrected chi connectivity index (χ2v) is 10.8. The van der Waals surface area contributed by atoms with E-state index in [9.17, 15) is 19.0 Å². The van der Waals surface area contributed by atoms with Crippen LogP contribution in [-0.2, 0) is 32.7 Å². The normalized spacial score (nSPS) is 14.8. The number of carbonyl (C=O) groups is 2. The summed E-state index contributed by atoms with van der Waals surface area (Å²) >= 11 is 0. The first kappa shape index (κ1) is 40.2. The van der Waals surface area contributed by atoms with Gasteiger partial charge in [-0.3, -0.25) is 18.6 Å². The molecule has 0 aliphatic carbocycles. The lowest BCUT2D eigenvalue weighted by Crippen LogP contribution is -2.29. The maximum atomic E-state index is 12.3. The first-order chi connectivity index (χ1) is 20.8.